The zero-order valence-corrected chi connectivity index (χ0v) is 20.5. The Morgan fingerprint density at radius 3 is 1.88 bits per heavy atom. The minimum absolute atomic E-state index is 0.0973. The van der Waals surface area contributed by atoms with E-state index in [1.807, 2.05) is 36.4 Å². The Bertz CT molecular complexity index is 1020. The van der Waals surface area contributed by atoms with Crippen molar-refractivity contribution in [1.29, 1.82) is 0 Å². The lowest BCUT2D eigenvalue weighted by Gasteiger charge is -2.35. The van der Waals surface area contributed by atoms with Gasteiger partial charge in [0.15, 0.2) is 0 Å². The molecular formula is C27H34N2O5. The van der Waals surface area contributed by atoms with E-state index in [9.17, 15) is 19.5 Å². The molecule has 0 radical (unpaired) electrons. The predicted molar refractivity (Wildman–Crippen MR) is 131 cm³/mol. The Morgan fingerprint density at radius 2 is 1.44 bits per heavy atom. The summed E-state index contributed by atoms with van der Waals surface area (Å²) in [4.78, 5) is 37.7. The summed E-state index contributed by atoms with van der Waals surface area (Å²) in [6.07, 6.45) is -0.260. The molecule has 1 aliphatic carbocycles. The van der Waals surface area contributed by atoms with Crippen molar-refractivity contribution in [2.45, 2.75) is 65.0 Å². The smallest absolute Gasteiger partial charge is 0.407 e. The summed E-state index contributed by atoms with van der Waals surface area (Å²) in [6, 6.07) is 15.1. The molecule has 2 amide bonds. The topological polar surface area (TPSA) is 105 Å². The largest absolute Gasteiger partial charge is 0.480 e. The minimum atomic E-state index is -1.39. The normalized spacial score (nSPS) is 14.0. The number of aliphatic carboxylic acids is 1. The molecule has 2 aromatic carbocycles. The molecule has 3 rings (SSSR count). The second-order valence-corrected chi connectivity index (χ2v) is 9.85. The maximum absolute atomic E-state index is 13.1. The van der Waals surface area contributed by atoms with Crippen molar-refractivity contribution in [2.75, 3.05) is 6.61 Å². The lowest BCUT2D eigenvalue weighted by atomic mass is 9.84. The van der Waals surface area contributed by atoms with Crippen molar-refractivity contribution < 1.29 is 24.2 Å². The maximum Gasteiger partial charge on any atom is 0.407 e. The van der Waals surface area contributed by atoms with E-state index in [0.717, 1.165) is 22.3 Å². The lowest BCUT2D eigenvalue weighted by molar-refractivity contribution is -0.148. The third kappa shape index (κ3) is 4.93. The summed E-state index contributed by atoms with van der Waals surface area (Å²) in [5.74, 6) is -1.74. The molecule has 0 saturated carbocycles. The number of carbonyl (C=O) groups is 3. The van der Waals surface area contributed by atoms with Crippen LogP contribution in [0.2, 0.25) is 0 Å². The number of nitrogens with one attached hydrogen (secondary N) is 2. The Morgan fingerprint density at radius 1 is 0.941 bits per heavy atom. The van der Waals surface area contributed by atoms with E-state index in [-0.39, 0.29) is 25.4 Å². The molecule has 0 unspecified atom stereocenters. The van der Waals surface area contributed by atoms with Gasteiger partial charge in [-0.25, -0.2) is 9.59 Å². The summed E-state index contributed by atoms with van der Waals surface area (Å²) >= 11 is 0. The summed E-state index contributed by atoms with van der Waals surface area (Å²) in [5, 5.41) is 15.0. The molecule has 0 saturated heterocycles. The number of carboxylic acid groups (broad SMARTS) is 1. The predicted octanol–water partition coefficient (Wildman–Crippen LogP) is 4.70. The van der Waals surface area contributed by atoms with Gasteiger partial charge in [-0.1, -0.05) is 83.1 Å². The summed E-state index contributed by atoms with van der Waals surface area (Å²) in [6.45, 7) is 8.97. The number of rotatable bonds is 8. The average Bonchev–Trinajstić information content (AvgIpc) is 3.12. The number of carbonyl (C=O) groups excluding carboxylic acids is 2. The first-order chi connectivity index (χ1) is 16.0. The molecule has 0 fully saturated rings. The number of hydrogen-bond acceptors (Lipinski definition) is 4. The van der Waals surface area contributed by atoms with Gasteiger partial charge in [0, 0.05) is 5.92 Å². The number of hydrogen-bond donors (Lipinski definition) is 3. The van der Waals surface area contributed by atoms with Gasteiger partial charge in [-0.2, -0.15) is 0 Å². The first-order valence-corrected chi connectivity index (χ1v) is 11.7. The fourth-order valence-corrected chi connectivity index (χ4v) is 4.52. The molecule has 0 aromatic heterocycles. The molecule has 2 aromatic rings. The van der Waals surface area contributed by atoms with Crippen molar-refractivity contribution >= 4 is 18.0 Å². The van der Waals surface area contributed by atoms with Gasteiger partial charge in [0.2, 0.25) is 5.91 Å². The number of alkyl carbamates (subject to hydrolysis) is 1. The second-order valence-electron chi connectivity index (χ2n) is 9.85. The van der Waals surface area contributed by atoms with Crippen LogP contribution in [-0.4, -0.2) is 41.3 Å². The van der Waals surface area contributed by atoms with Crippen molar-refractivity contribution in [3.8, 4) is 11.1 Å². The van der Waals surface area contributed by atoms with Crippen molar-refractivity contribution in [3.63, 3.8) is 0 Å². The monoisotopic (exact) mass is 466 g/mol. The van der Waals surface area contributed by atoms with E-state index < -0.39 is 35.0 Å². The van der Waals surface area contributed by atoms with Gasteiger partial charge in [0.1, 0.15) is 18.2 Å². The van der Waals surface area contributed by atoms with E-state index in [1.165, 1.54) is 0 Å². The summed E-state index contributed by atoms with van der Waals surface area (Å²) in [5.41, 5.74) is 2.40. The lowest BCUT2D eigenvalue weighted by Crippen LogP contribution is -2.61. The van der Waals surface area contributed by atoms with Crippen molar-refractivity contribution in [1.82, 2.24) is 10.6 Å². The van der Waals surface area contributed by atoms with Crippen molar-refractivity contribution in [3.05, 3.63) is 59.7 Å². The molecule has 182 valence electrons. The van der Waals surface area contributed by atoms with E-state index >= 15 is 0 Å². The van der Waals surface area contributed by atoms with Gasteiger partial charge in [0.05, 0.1) is 0 Å². The van der Waals surface area contributed by atoms with E-state index in [0.29, 0.717) is 0 Å². The number of benzene rings is 2. The zero-order valence-electron chi connectivity index (χ0n) is 20.5. The standard InChI is InChI=1S/C27H34N2O5/c1-6-27(7-2,24(31)32)29-23(30)22(26(3,4)5)28-25(33)34-16-21-19-14-10-8-12-17(19)18-13-9-11-15-20(18)21/h8-15,21-22H,6-7,16H2,1-5H3,(H,28,33)(H,29,30)(H,31,32)/t22-/m1/s1. The van der Waals surface area contributed by atoms with Crippen LogP contribution in [0.1, 0.15) is 64.5 Å². The van der Waals surface area contributed by atoms with Crippen LogP contribution >= 0.6 is 0 Å². The van der Waals surface area contributed by atoms with Gasteiger partial charge in [-0.15, -0.1) is 0 Å². The molecular weight excluding hydrogens is 432 g/mol. The van der Waals surface area contributed by atoms with E-state index in [1.54, 1.807) is 34.6 Å². The SMILES string of the molecule is CCC(CC)(NC(=O)[C@@H](NC(=O)OCC1c2ccccc2-c2ccccc21)C(C)(C)C)C(=O)O. The molecule has 7 heteroatoms. The Labute approximate surface area is 200 Å². The zero-order chi connectivity index (χ0) is 25.1. The third-order valence-corrected chi connectivity index (χ3v) is 6.71. The van der Waals surface area contributed by atoms with Crippen LogP contribution in [0, 0.1) is 5.41 Å². The highest BCUT2D eigenvalue weighted by molar-refractivity contribution is 5.91. The van der Waals surface area contributed by atoms with Crippen LogP contribution < -0.4 is 10.6 Å². The summed E-state index contributed by atoms with van der Waals surface area (Å²) in [7, 11) is 0. The number of carboxylic acids is 1. The average molecular weight is 467 g/mol. The van der Waals surface area contributed by atoms with Gasteiger partial charge >= 0.3 is 12.1 Å². The highest BCUT2D eigenvalue weighted by Crippen LogP contribution is 2.44. The molecule has 0 heterocycles. The van der Waals surface area contributed by atoms with Crippen LogP contribution in [0.3, 0.4) is 0 Å². The first kappa shape index (κ1) is 25.3. The molecule has 7 nitrogen and oxygen atoms in total. The van der Waals surface area contributed by atoms with Crippen LogP contribution in [0.25, 0.3) is 11.1 Å². The minimum Gasteiger partial charge on any atom is -0.480 e. The van der Waals surface area contributed by atoms with Crippen LogP contribution in [0.15, 0.2) is 48.5 Å². The maximum atomic E-state index is 13.1. The van der Waals surface area contributed by atoms with Gasteiger partial charge in [0.25, 0.3) is 0 Å². The Hall–Kier alpha value is -3.35. The number of amides is 2. The van der Waals surface area contributed by atoms with E-state index in [4.69, 9.17) is 4.74 Å². The third-order valence-electron chi connectivity index (χ3n) is 6.71. The Balaban J connectivity index is 1.73. The fraction of sp³-hybridized carbons (Fsp3) is 0.444. The molecule has 0 bridgehead atoms. The summed E-state index contributed by atoms with van der Waals surface area (Å²) < 4.78 is 5.60. The molecule has 0 aliphatic heterocycles. The van der Waals surface area contributed by atoms with Crippen molar-refractivity contribution in [2.24, 2.45) is 5.41 Å². The van der Waals surface area contributed by atoms with Gasteiger partial charge < -0.3 is 20.5 Å². The highest BCUT2D eigenvalue weighted by atomic mass is 16.5. The molecule has 3 N–H and O–H groups in total. The van der Waals surface area contributed by atoms with E-state index in [2.05, 4.69) is 22.8 Å². The molecule has 34 heavy (non-hydrogen) atoms. The fourth-order valence-electron chi connectivity index (χ4n) is 4.52. The molecule has 0 spiro atoms. The first-order valence-electron chi connectivity index (χ1n) is 11.7. The quantitative estimate of drug-likeness (QED) is 0.523. The highest BCUT2D eigenvalue weighted by Gasteiger charge is 2.41. The number of fused-ring (bicyclic) bond motifs is 3. The van der Waals surface area contributed by atoms with Gasteiger partial charge in [-0.05, 0) is 40.5 Å². The number of ether oxygens (including phenoxy) is 1. The van der Waals surface area contributed by atoms with Crippen LogP contribution in [0.4, 0.5) is 4.79 Å². The van der Waals surface area contributed by atoms with Gasteiger partial charge in [-0.3, -0.25) is 4.79 Å². The van der Waals surface area contributed by atoms with Crippen LogP contribution in [0.5, 0.6) is 0 Å². The Kier molecular flexibility index (Phi) is 7.34. The van der Waals surface area contributed by atoms with Crippen LogP contribution in [-0.2, 0) is 14.3 Å². The molecule has 1 aliphatic rings. The molecule has 1 atom stereocenters. The second kappa shape index (κ2) is 9.87.